The minimum absolute atomic E-state index is 0. The van der Waals surface area contributed by atoms with Crippen molar-refractivity contribution in [2.75, 3.05) is 0 Å². The van der Waals surface area contributed by atoms with Gasteiger partial charge in [0.2, 0.25) is 0 Å². The molecule has 1 aliphatic rings. The Kier molecular flexibility index (Phi) is 1.28. The van der Waals surface area contributed by atoms with Gasteiger partial charge >= 0.3 is 0 Å². The van der Waals surface area contributed by atoms with Crippen molar-refractivity contribution in [2.24, 2.45) is 0 Å². The SMILES string of the molecule is C1CC1.O. The second-order valence-electron chi connectivity index (χ2n) is 1.06. The van der Waals surface area contributed by atoms with E-state index in [-0.39, 0.29) is 5.48 Å². The standard InChI is InChI=1S/C3H6.H2O/c1-2-3-1;/h1-3H2;1H2. The Morgan fingerprint density at radius 1 is 0.750 bits per heavy atom. The van der Waals surface area contributed by atoms with Gasteiger partial charge in [-0.25, -0.2) is 0 Å². The molecular formula is C3H8O. The van der Waals surface area contributed by atoms with Crippen LogP contribution < -0.4 is 0 Å². The van der Waals surface area contributed by atoms with Crippen molar-refractivity contribution in [1.82, 2.24) is 0 Å². The van der Waals surface area contributed by atoms with Crippen LogP contribution in [0, 0.1) is 0 Å². The van der Waals surface area contributed by atoms with E-state index >= 15 is 0 Å². The van der Waals surface area contributed by atoms with Crippen LogP contribution in [0.25, 0.3) is 0 Å². The lowest BCUT2D eigenvalue weighted by molar-refractivity contribution is 0.824. The maximum absolute atomic E-state index is 1.50. The van der Waals surface area contributed by atoms with Crippen LogP contribution >= 0.6 is 0 Å². The minimum atomic E-state index is 0. The van der Waals surface area contributed by atoms with Crippen molar-refractivity contribution in [3.05, 3.63) is 0 Å². The zero-order valence-corrected chi connectivity index (χ0v) is 2.62. The number of rotatable bonds is 0. The third-order valence-corrected chi connectivity index (χ3v) is 0.354. The topological polar surface area (TPSA) is 31.5 Å². The second kappa shape index (κ2) is 1.30. The molecule has 0 spiro atoms. The molecule has 0 aliphatic heterocycles. The monoisotopic (exact) mass is 60.1 g/mol. The van der Waals surface area contributed by atoms with Gasteiger partial charge in [0.15, 0.2) is 0 Å². The van der Waals surface area contributed by atoms with E-state index in [1.807, 2.05) is 0 Å². The largest absolute Gasteiger partial charge is 0.412 e. The van der Waals surface area contributed by atoms with Gasteiger partial charge in [-0.1, -0.05) is 19.3 Å². The third-order valence-electron chi connectivity index (χ3n) is 0.354. The first-order valence-electron chi connectivity index (χ1n) is 1.50. The molecule has 0 bridgehead atoms. The summed E-state index contributed by atoms with van der Waals surface area (Å²) < 4.78 is 0. The van der Waals surface area contributed by atoms with Gasteiger partial charge in [0.05, 0.1) is 0 Å². The van der Waals surface area contributed by atoms with E-state index in [0.717, 1.165) is 0 Å². The highest BCUT2D eigenvalue weighted by molar-refractivity contribution is 4.50. The van der Waals surface area contributed by atoms with Crippen LogP contribution in [-0.2, 0) is 0 Å². The predicted octanol–water partition coefficient (Wildman–Crippen LogP) is 0.346. The van der Waals surface area contributed by atoms with Crippen molar-refractivity contribution < 1.29 is 5.48 Å². The molecule has 0 heterocycles. The molecule has 1 nitrogen and oxygen atoms in total. The third kappa shape index (κ3) is 1.96. The van der Waals surface area contributed by atoms with Crippen LogP contribution in [0.5, 0.6) is 0 Å². The fraction of sp³-hybridized carbons (Fsp3) is 1.00. The summed E-state index contributed by atoms with van der Waals surface area (Å²) in [5.74, 6) is 0. The summed E-state index contributed by atoms with van der Waals surface area (Å²) >= 11 is 0. The van der Waals surface area contributed by atoms with Crippen LogP contribution in [0.4, 0.5) is 0 Å². The average Bonchev–Trinajstić information content (AvgIpc) is 1.46. The molecule has 0 aromatic heterocycles. The zero-order valence-electron chi connectivity index (χ0n) is 2.62. The molecule has 1 fully saturated rings. The van der Waals surface area contributed by atoms with Crippen molar-refractivity contribution >= 4 is 0 Å². The minimum Gasteiger partial charge on any atom is -0.412 e. The van der Waals surface area contributed by atoms with Crippen LogP contribution in [0.2, 0.25) is 0 Å². The highest BCUT2D eigenvalue weighted by Crippen LogP contribution is 2.14. The predicted molar refractivity (Wildman–Crippen MR) is 17.5 cm³/mol. The molecule has 26 valence electrons. The van der Waals surface area contributed by atoms with Gasteiger partial charge in [-0.05, 0) is 0 Å². The number of hydrogen-bond donors (Lipinski definition) is 0. The Morgan fingerprint density at radius 2 is 1.00 bits per heavy atom. The first kappa shape index (κ1) is 3.96. The number of hydrogen-bond acceptors (Lipinski definition) is 0. The van der Waals surface area contributed by atoms with Crippen LogP contribution in [0.15, 0.2) is 0 Å². The molecule has 0 saturated heterocycles. The van der Waals surface area contributed by atoms with Gasteiger partial charge in [-0.3, -0.25) is 0 Å². The smallest absolute Gasteiger partial charge is 0.0533 e. The molecule has 0 aromatic rings. The summed E-state index contributed by atoms with van der Waals surface area (Å²) in [5.41, 5.74) is 0. The molecule has 0 atom stereocenters. The van der Waals surface area contributed by atoms with Gasteiger partial charge in [-0.15, -0.1) is 0 Å². The average molecular weight is 60.1 g/mol. The summed E-state index contributed by atoms with van der Waals surface area (Å²) in [6.07, 6.45) is 4.50. The lowest BCUT2D eigenvalue weighted by Gasteiger charge is -1.05. The van der Waals surface area contributed by atoms with E-state index in [0.29, 0.717) is 0 Å². The highest BCUT2D eigenvalue weighted by Gasteiger charge is 1.95. The summed E-state index contributed by atoms with van der Waals surface area (Å²) in [6, 6.07) is 0. The van der Waals surface area contributed by atoms with Crippen molar-refractivity contribution in [3.63, 3.8) is 0 Å². The molecule has 0 amide bonds. The first-order chi connectivity index (χ1) is 1.50. The van der Waals surface area contributed by atoms with Crippen molar-refractivity contribution in [2.45, 2.75) is 19.3 Å². The maximum atomic E-state index is 1.50. The van der Waals surface area contributed by atoms with Gasteiger partial charge in [-0.2, -0.15) is 0 Å². The summed E-state index contributed by atoms with van der Waals surface area (Å²) in [6.45, 7) is 0. The molecule has 0 aromatic carbocycles. The molecule has 2 N–H and O–H groups in total. The fourth-order valence-corrected chi connectivity index (χ4v) is 0. The molecular weight excluding hydrogens is 52.0 g/mol. The van der Waals surface area contributed by atoms with Gasteiger partial charge < -0.3 is 5.48 Å². The molecule has 0 unspecified atom stereocenters. The molecule has 4 heavy (non-hydrogen) atoms. The quantitative estimate of drug-likeness (QED) is 0.386. The van der Waals surface area contributed by atoms with E-state index < -0.39 is 0 Å². The van der Waals surface area contributed by atoms with Crippen LogP contribution in [-0.4, -0.2) is 5.48 Å². The van der Waals surface area contributed by atoms with Crippen LogP contribution in [0.3, 0.4) is 0 Å². The fourth-order valence-electron chi connectivity index (χ4n) is 0. The van der Waals surface area contributed by atoms with Crippen LogP contribution in [0.1, 0.15) is 19.3 Å². The Bertz CT molecular complexity index is 8.00. The summed E-state index contributed by atoms with van der Waals surface area (Å²) in [4.78, 5) is 0. The van der Waals surface area contributed by atoms with Gasteiger partial charge in [0.25, 0.3) is 0 Å². The van der Waals surface area contributed by atoms with E-state index in [2.05, 4.69) is 0 Å². The first-order valence-corrected chi connectivity index (χ1v) is 1.50. The molecule has 1 aliphatic carbocycles. The summed E-state index contributed by atoms with van der Waals surface area (Å²) in [5, 5.41) is 0. The maximum Gasteiger partial charge on any atom is -0.0533 e. The highest BCUT2D eigenvalue weighted by atomic mass is 16.0. The Labute approximate surface area is 25.9 Å². The Morgan fingerprint density at radius 3 is 1.00 bits per heavy atom. The van der Waals surface area contributed by atoms with E-state index in [1.54, 1.807) is 0 Å². The van der Waals surface area contributed by atoms with E-state index in [1.165, 1.54) is 19.3 Å². The Hall–Kier alpha value is -0.0400. The van der Waals surface area contributed by atoms with E-state index in [9.17, 15) is 0 Å². The van der Waals surface area contributed by atoms with Gasteiger partial charge in [0, 0.05) is 0 Å². The van der Waals surface area contributed by atoms with Crippen molar-refractivity contribution in [1.29, 1.82) is 0 Å². The lowest BCUT2D eigenvalue weighted by Crippen LogP contribution is -0.856. The van der Waals surface area contributed by atoms with E-state index in [4.69, 9.17) is 0 Å². The molecule has 0 radical (unpaired) electrons. The summed E-state index contributed by atoms with van der Waals surface area (Å²) in [7, 11) is 0. The molecule has 1 heteroatoms. The molecule has 1 saturated carbocycles. The second-order valence-corrected chi connectivity index (χ2v) is 1.06. The Balaban J connectivity index is 0.0000000900. The van der Waals surface area contributed by atoms with Crippen molar-refractivity contribution in [3.8, 4) is 0 Å². The lowest BCUT2D eigenvalue weighted by atomic mass is 11.0. The zero-order chi connectivity index (χ0) is 2.12. The van der Waals surface area contributed by atoms with Gasteiger partial charge in [0.1, 0.15) is 0 Å². The molecule has 1 rings (SSSR count). The normalized spacial score (nSPS) is 18.0.